The van der Waals surface area contributed by atoms with Gasteiger partial charge in [0.15, 0.2) is 0 Å². The Labute approximate surface area is 148 Å². The molecule has 7 heteroatoms. The van der Waals surface area contributed by atoms with Crippen LogP contribution in [-0.2, 0) is 0 Å². The smallest absolute Gasteiger partial charge is 0.223 e. The van der Waals surface area contributed by atoms with Gasteiger partial charge in [0.25, 0.3) is 0 Å². The summed E-state index contributed by atoms with van der Waals surface area (Å²) in [6.45, 7) is 3.48. The van der Waals surface area contributed by atoms with Gasteiger partial charge in [0.05, 0.1) is 5.56 Å². The zero-order chi connectivity index (χ0) is 17.4. The number of nitrogens with two attached hydrogens (primary N) is 1. The molecule has 2 aromatic carbocycles. The van der Waals surface area contributed by atoms with Gasteiger partial charge in [-0.05, 0) is 41.8 Å². The molecular formula is C17H14Cl2FN3O. The second-order valence-electron chi connectivity index (χ2n) is 5.47. The second kappa shape index (κ2) is 6.51. The van der Waals surface area contributed by atoms with E-state index in [1.807, 2.05) is 19.1 Å². The molecule has 0 saturated carbocycles. The maximum absolute atomic E-state index is 14.5. The molecule has 3 aromatic rings. The lowest BCUT2D eigenvalue weighted by atomic mass is 9.96. The van der Waals surface area contributed by atoms with Crippen molar-refractivity contribution in [3.05, 3.63) is 57.6 Å². The molecule has 0 aliphatic heterocycles. The number of hydrogen-bond acceptors (Lipinski definition) is 4. The normalized spacial score (nSPS) is 12.4. The molecule has 124 valence electrons. The van der Waals surface area contributed by atoms with E-state index in [1.54, 1.807) is 19.1 Å². The molecule has 4 nitrogen and oxygen atoms in total. The van der Waals surface area contributed by atoms with E-state index < -0.39 is 5.82 Å². The Kier molecular flexibility index (Phi) is 4.58. The van der Waals surface area contributed by atoms with Crippen LogP contribution in [0.2, 0.25) is 10.0 Å². The van der Waals surface area contributed by atoms with Gasteiger partial charge in [-0.25, -0.2) is 4.39 Å². The fraction of sp³-hybridized carbons (Fsp3) is 0.176. The van der Waals surface area contributed by atoms with Crippen LogP contribution in [0.15, 0.2) is 34.9 Å². The van der Waals surface area contributed by atoms with Gasteiger partial charge >= 0.3 is 0 Å². The predicted molar refractivity (Wildman–Crippen MR) is 92.5 cm³/mol. The van der Waals surface area contributed by atoms with Crippen LogP contribution in [0.3, 0.4) is 0 Å². The summed E-state index contributed by atoms with van der Waals surface area (Å²) in [7, 11) is 0. The molecule has 0 aliphatic carbocycles. The number of aryl methyl sites for hydroxylation is 1. The van der Waals surface area contributed by atoms with Crippen molar-refractivity contribution in [2.45, 2.75) is 19.9 Å². The minimum absolute atomic E-state index is 0.157. The summed E-state index contributed by atoms with van der Waals surface area (Å²) < 4.78 is 19.5. The average molecular weight is 366 g/mol. The summed E-state index contributed by atoms with van der Waals surface area (Å²) in [5.74, 6) is -0.0367. The molecule has 2 N–H and O–H groups in total. The topological polar surface area (TPSA) is 64.9 Å². The minimum Gasteiger partial charge on any atom is -0.339 e. The number of aromatic nitrogens is 2. The molecule has 0 bridgehead atoms. The van der Waals surface area contributed by atoms with Gasteiger partial charge in [-0.15, -0.1) is 0 Å². The fourth-order valence-corrected chi connectivity index (χ4v) is 3.05. The third-order valence-corrected chi connectivity index (χ3v) is 4.15. The zero-order valence-corrected chi connectivity index (χ0v) is 14.5. The fourth-order valence-electron chi connectivity index (χ4n) is 2.49. The Balaban J connectivity index is 2.22. The van der Waals surface area contributed by atoms with E-state index in [0.29, 0.717) is 22.0 Å². The van der Waals surface area contributed by atoms with E-state index in [2.05, 4.69) is 10.1 Å². The number of nitrogens with zero attached hydrogens (tertiary/aromatic N) is 2. The number of rotatable bonds is 3. The van der Waals surface area contributed by atoms with Crippen molar-refractivity contribution in [1.82, 2.24) is 10.1 Å². The highest BCUT2D eigenvalue weighted by Gasteiger charge is 2.19. The quantitative estimate of drug-likeness (QED) is 0.694. The van der Waals surface area contributed by atoms with Gasteiger partial charge in [-0.1, -0.05) is 40.5 Å². The summed E-state index contributed by atoms with van der Waals surface area (Å²) in [4.78, 5) is 4.11. The standard InChI is InChI=1S/C17H14Cl2FN3O/c1-8(21)12-4-3-10(5-14(12)19)13-6-11(18)7-15(20)16(13)17-22-9(2)24-23-17/h3-8H,21H2,1-2H3. The van der Waals surface area contributed by atoms with E-state index in [0.717, 1.165) is 5.56 Å². The van der Waals surface area contributed by atoms with Gasteiger partial charge in [0.2, 0.25) is 11.7 Å². The number of halogens is 3. The van der Waals surface area contributed by atoms with E-state index in [-0.39, 0.29) is 22.5 Å². The van der Waals surface area contributed by atoms with Gasteiger partial charge < -0.3 is 10.3 Å². The number of hydrogen-bond donors (Lipinski definition) is 1. The molecule has 1 heterocycles. The lowest BCUT2D eigenvalue weighted by Crippen LogP contribution is -2.05. The molecular weight excluding hydrogens is 352 g/mol. The highest BCUT2D eigenvalue weighted by Crippen LogP contribution is 2.37. The van der Waals surface area contributed by atoms with Crippen molar-refractivity contribution in [3.63, 3.8) is 0 Å². The summed E-state index contributed by atoms with van der Waals surface area (Å²) in [5, 5.41) is 4.57. The molecule has 0 aliphatic rings. The lowest BCUT2D eigenvalue weighted by molar-refractivity contribution is 0.394. The van der Waals surface area contributed by atoms with Crippen LogP contribution >= 0.6 is 23.2 Å². The zero-order valence-electron chi connectivity index (χ0n) is 13.0. The van der Waals surface area contributed by atoms with Gasteiger partial charge in [0, 0.05) is 23.0 Å². The Morgan fingerprint density at radius 3 is 2.54 bits per heavy atom. The largest absolute Gasteiger partial charge is 0.339 e. The SMILES string of the molecule is Cc1nc(-c2c(F)cc(Cl)cc2-c2ccc(C(C)N)c(Cl)c2)no1. The van der Waals surface area contributed by atoms with E-state index in [9.17, 15) is 4.39 Å². The minimum atomic E-state index is -0.536. The first-order valence-electron chi connectivity index (χ1n) is 7.22. The van der Waals surface area contributed by atoms with Gasteiger partial charge in [-0.2, -0.15) is 4.98 Å². The first kappa shape index (κ1) is 16.9. The molecule has 0 amide bonds. The first-order valence-corrected chi connectivity index (χ1v) is 7.97. The molecule has 0 spiro atoms. The molecule has 1 aromatic heterocycles. The van der Waals surface area contributed by atoms with Crippen LogP contribution < -0.4 is 5.73 Å². The molecule has 0 saturated heterocycles. The highest BCUT2D eigenvalue weighted by molar-refractivity contribution is 6.32. The average Bonchev–Trinajstić information content (AvgIpc) is 2.92. The maximum atomic E-state index is 14.5. The highest BCUT2D eigenvalue weighted by atomic mass is 35.5. The van der Waals surface area contributed by atoms with Gasteiger partial charge in [-0.3, -0.25) is 0 Å². The van der Waals surface area contributed by atoms with Crippen molar-refractivity contribution < 1.29 is 8.91 Å². The molecule has 1 atom stereocenters. The van der Waals surface area contributed by atoms with Crippen molar-refractivity contribution in [2.24, 2.45) is 5.73 Å². The van der Waals surface area contributed by atoms with Crippen LogP contribution in [0.1, 0.15) is 24.4 Å². The van der Waals surface area contributed by atoms with Crippen molar-refractivity contribution in [2.75, 3.05) is 0 Å². The van der Waals surface area contributed by atoms with Crippen LogP contribution in [0.5, 0.6) is 0 Å². The Bertz CT molecular complexity index is 909. The molecule has 0 radical (unpaired) electrons. The molecule has 0 fully saturated rings. The molecule has 24 heavy (non-hydrogen) atoms. The summed E-state index contributed by atoms with van der Waals surface area (Å²) in [5.41, 5.74) is 8.10. The second-order valence-corrected chi connectivity index (χ2v) is 6.32. The van der Waals surface area contributed by atoms with Crippen LogP contribution in [-0.4, -0.2) is 10.1 Å². The van der Waals surface area contributed by atoms with Crippen molar-refractivity contribution in [1.29, 1.82) is 0 Å². The van der Waals surface area contributed by atoms with Crippen LogP contribution in [0.25, 0.3) is 22.5 Å². The van der Waals surface area contributed by atoms with Gasteiger partial charge in [0.1, 0.15) is 5.82 Å². The predicted octanol–water partition coefficient (Wildman–Crippen LogP) is 5.18. The summed E-state index contributed by atoms with van der Waals surface area (Å²) in [6, 6.07) is 8.00. The van der Waals surface area contributed by atoms with Crippen molar-refractivity contribution in [3.8, 4) is 22.5 Å². The van der Waals surface area contributed by atoms with Crippen LogP contribution in [0.4, 0.5) is 4.39 Å². The third-order valence-electron chi connectivity index (χ3n) is 3.61. The third kappa shape index (κ3) is 3.15. The number of benzene rings is 2. The van der Waals surface area contributed by atoms with E-state index in [1.165, 1.54) is 6.07 Å². The molecule has 1 unspecified atom stereocenters. The summed E-state index contributed by atoms with van der Waals surface area (Å²) in [6.07, 6.45) is 0. The van der Waals surface area contributed by atoms with Crippen LogP contribution in [0, 0.1) is 12.7 Å². The maximum Gasteiger partial charge on any atom is 0.223 e. The summed E-state index contributed by atoms with van der Waals surface area (Å²) >= 11 is 12.3. The van der Waals surface area contributed by atoms with E-state index >= 15 is 0 Å². The van der Waals surface area contributed by atoms with E-state index in [4.69, 9.17) is 33.5 Å². The lowest BCUT2D eigenvalue weighted by Gasteiger charge is -2.13. The Morgan fingerprint density at radius 2 is 1.96 bits per heavy atom. The Morgan fingerprint density at radius 1 is 1.21 bits per heavy atom. The molecule has 3 rings (SSSR count). The monoisotopic (exact) mass is 365 g/mol. The Hall–Kier alpha value is -1.95. The first-order chi connectivity index (χ1) is 11.4. The van der Waals surface area contributed by atoms with Crippen molar-refractivity contribution >= 4 is 23.2 Å².